The summed E-state index contributed by atoms with van der Waals surface area (Å²) in [7, 11) is 0. The lowest BCUT2D eigenvalue weighted by Crippen LogP contribution is -2.38. The van der Waals surface area contributed by atoms with Crippen LogP contribution in [-0.4, -0.2) is 34.9 Å². The van der Waals surface area contributed by atoms with Gasteiger partial charge in [0.15, 0.2) is 5.84 Å². The fourth-order valence-electron chi connectivity index (χ4n) is 2.35. The number of oxime groups is 1. The second-order valence-corrected chi connectivity index (χ2v) is 5.58. The van der Waals surface area contributed by atoms with Crippen molar-refractivity contribution in [2.24, 2.45) is 10.9 Å². The van der Waals surface area contributed by atoms with Crippen molar-refractivity contribution in [3.63, 3.8) is 0 Å². The Bertz CT molecular complexity index is 293. The number of nitrogens with two attached hydrogens (primary N) is 1. The lowest BCUT2D eigenvalue weighted by Gasteiger charge is -2.19. The zero-order valence-electron chi connectivity index (χ0n) is 13.8. The van der Waals surface area contributed by atoms with E-state index in [2.05, 4.69) is 12.1 Å². The van der Waals surface area contributed by atoms with Crippen LogP contribution in [0, 0.1) is 0 Å². The first-order chi connectivity index (χ1) is 10.2. The van der Waals surface area contributed by atoms with E-state index in [1.165, 1.54) is 44.9 Å². The molecule has 0 radical (unpaired) electrons. The maximum atomic E-state index is 12.0. The van der Waals surface area contributed by atoms with Crippen LogP contribution in [-0.2, 0) is 4.79 Å². The number of hydrogen-bond donors (Lipinski definition) is 2. The zero-order valence-corrected chi connectivity index (χ0v) is 13.8. The third kappa shape index (κ3) is 11.1. The SMILES string of the molecule is CCCCCCCCCCCC(=O)N(CC)CC(N)=NO. The van der Waals surface area contributed by atoms with E-state index in [1.54, 1.807) is 4.90 Å². The Morgan fingerprint density at radius 1 is 1.00 bits per heavy atom. The van der Waals surface area contributed by atoms with Crippen LogP contribution in [0.15, 0.2) is 5.16 Å². The Hall–Kier alpha value is -1.26. The maximum Gasteiger partial charge on any atom is 0.222 e. The highest BCUT2D eigenvalue weighted by Gasteiger charge is 2.12. The molecule has 124 valence electrons. The number of amidine groups is 1. The topological polar surface area (TPSA) is 78.9 Å². The lowest BCUT2D eigenvalue weighted by molar-refractivity contribution is -0.130. The normalized spacial score (nSPS) is 11.6. The molecule has 21 heavy (non-hydrogen) atoms. The Morgan fingerprint density at radius 2 is 1.52 bits per heavy atom. The Morgan fingerprint density at radius 3 is 2.00 bits per heavy atom. The van der Waals surface area contributed by atoms with Crippen LogP contribution >= 0.6 is 0 Å². The molecule has 0 aliphatic heterocycles. The van der Waals surface area contributed by atoms with Crippen LogP contribution < -0.4 is 5.73 Å². The van der Waals surface area contributed by atoms with Crippen LogP contribution in [0.5, 0.6) is 0 Å². The van der Waals surface area contributed by atoms with Crippen molar-refractivity contribution in [2.45, 2.75) is 78.1 Å². The molecule has 5 nitrogen and oxygen atoms in total. The van der Waals surface area contributed by atoms with Crippen molar-refractivity contribution in [3.05, 3.63) is 0 Å². The molecule has 0 bridgehead atoms. The average molecular weight is 299 g/mol. The summed E-state index contributed by atoms with van der Waals surface area (Å²) in [6, 6.07) is 0. The lowest BCUT2D eigenvalue weighted by atomic mass is 10.1. The molecule has 0 heterocycles. The number of hydrogen-bond acceptors (Lipinski definition) is 3. The predicted molar refractivity (Wildman–Crippen MR) is 87.5 cm³/mol. The molecule has 0 aliphatic carbocycles. The fourth-order valence-corrected chi connectivity index (χ4v) is 2.35. The Balaban J connectivity index is 3.59. The van der Waals surface area contributed by atoms with Gasteiger partial charge in [-0.1, -0.05) is 63.4 Å². The molecule has 0 aliphatic rings. The minimum absolute atomic E-state index is 0.0808. The van der Waals surface area contributed by atoms with Gasteiger partial charge in [0.05, 0.1) is 6.54 Å². The molecule has 0 saturated heterocycles. The Labute approximate surface area is 129 Å². The molecular weight excluding hydrogens is 266 g/mol. The highest BCUT2D eigenvalue weighted by Crippen LogP contribution is 2.11. The predicted octanol–water partition coefficient (Wildman–Crippen LogP) is 3.50. The van der Waals surface area contributed by atoms with Gasteiger partial charge in [-0.15, -0.1) is 0 Å². The average Bonchev–Trinajstić information content (AvgIpc) is 2.50. The zero-order chi connectivity index (χ0) is 15.9. The first-order valence-electron chi connectivity index (χ1n) is 8.39. The van der Waals surface area contributed by atoms with E-state index >= 15 is 0 Å². The first kappa shape index (κ1) is 19.7. The Kier molecular flexibility index (Phi) is 12.9. The molecule has 1 amide bonds. The van der Waals surface area contributed by atoms with Crippen LogP contribution in [0.4, 0.5) is 0 Å². The summed E-state index contributed by atoms with van der Waals surface area (Å²) < 4.78 is 0. The van der Waals surface area contributed by atoms with E-state index in [-0.39, 0.29) is 18.3 Å². The largest absolute Gasteiger partial charge is 0.409 e. The van der Waals surface area contributed by atoms with Gasteiger partial charge < -0.3 is 15.8 Å². The molecule has 0 spiro atoms. The fraction of sp³-hybridized carbons (Fsp3) is 0.875. The van der Waals surface area contributed by atoms with Crippen molar-refractivity contribution in [1.29, 1.82) is 0 Å². The van der Waals surface area contributed by atoms with Gasteiger partial charge in [-0.05, 0) is 13.3 Å². The molecule has 0 saturated carbocycles. The third-order valence-electron chi connectivity index (χ3n) is 3.71. The molecule has 0 aromatic rings. The first-order valence-corrected chi connectivity index (χ1v) is 8.39. The van der Waals surface area contributed by atoms with E-state index in [4.69, 9.17) is 10.9 Å². The van der Waals surface area contributed by atoms with Gasteiger partial charge in [-0.2, -0.15) is 0 Å². The number of amides is 1. The van der Waals surface area contributed by atoms with Crippen LogP contribution in [0.2, 0.25) is 0 Å². The minimum Gasteiger partial charge on any atom is -0.409 e. The summed E-state index contributed by atoms with van der Waals surface area (Å²) in [4.78, 5) is 13.6. The molecular formula is C16H33N3O2. The summed E-state index contributed by atoms with van der Waals surface area (Å²) in [5.41, 5.74) is 5.44. The summed E-state index contributed by atoms with van der Waals surface area (Å²) in [5.74, 6) is 0.171. The van der Waals surface area contributed by atoms with E-state index in [0.717, 1.165) is 12.8 Å². The summed E-state index contributed by atoms with van der Waals surface area (Å²) in [6.07, 6.45) is 11.8. The molecule has 3 N–H and O–H groups in total. The second-order valence-electron chi connectivity index (χ2n) is 5.58. The van der Waals surface area contributed by atoms with Gasteiger partial charge in [0.1, 0.15) is 0 Å². The molecule has 5 heteroatoms. The molecule has 0 rings (SSSR count). The van der Waals surface area contributed by atoms with Crippen molar-refractivity contribution >= 4 is 11.7 Å². The van der Waals surface area contributed by atoms with Gasteiger partial charge >= 0.3 is 0 Å². The smallest absolute Gasteiger partial charge is 0.222 e. The van der Waals surface area contributed by atoms with Gasteiger partial charge in [0, 0.05) is 13.0 Å². The van der Waals surface area contributed by atoms with Gasteiger partial charge in [-0.25, -0.2) is 0 Å². The van der Waals surface area contributed by atoms with E-state index < -0.39 is 0 Å². The number of likely N-dealkylation sites (N-methyl/N-ethyl adjacent to an activating group) is 1. The number of unbranched alkanes of at least 4 members (excludes halogenated alkanes) is 8. The third-order valence-corrected chi connectivity index (χ3v) is 3.71. The van der Waals surface area contributed by atoms with Crippen molar-refractivity contribution in [1.82, 2.24) is 4.90 Å². The minimum atomic E-state index is 0.0808. The van der Waals surface area contributed by atoms with Crippen LogP contribution in [0.3, 0.4) is 0 Å². The van der Waals surface area contributed by atoms with Gasteiger partial charge in [0.25, 0.3) is 0 Å². The van der Waals surface area contributed by atoms with E-state index in [1.807, 2.05) is 6.92 Å². The molecule has 0 atom stereocenters. The number of carbonyl (C=O) groups excluding carboxylic acids is 1. The van der Waals surface area contributed by atoms with Crippen molar-refractivity contribution in [3.8, 4) is 0 Å². The van der Waals surface area contributed by atoms with Crippen LogP contribution in [0.25, 0.3) is 0 Å². The maximum absolute atomic E-state index is 12.0. The molecule has 0 aromatic heterocycles. The summed E-state index contributed by atoms with van der Waals surface area (Å²) >= 11 is 0. The number of nitrogens with zero attached hydrogens (tertiary/aromatic N) is 2. The van der Waals surface area contributed by atoms with Gasteiger partial charge in [-0.3, -0.25) is 4.79 Å². The molecule has 0 unspecified atom stereocenters. The monoisotopic (exact) mass is 299 g/mol. The van der Waals surface area contributed by atoms with Crippen LogP contribution in [0.1, 0.15) is 78.1 Å². The van der Waals surface area contributed by atoms with Crippen molar-refractivity contribution < 1.29 is 10.0 Å². The summed E-state index contributed by atoms with van der Waals surface area (Å²) in [6.45, 7) is 4.94. The highest BCUT2D eigenvalue weighted by atomic mass is 16.4. The van der Waals surface area contributed by atoms with Crippen molar-refractivity contribution in [2.75, 3.05) is 13.1 Å². The van der Waals surface area contributed by atoms with E-state index in [9.17, 15) is 4.79 Å². The van der Waals surface area contributed by atoms with Gasteiger partial charge in [0.2, 0.25) is 5.91 Å². The quantitative estimate of drug-likeness (QED) is 0.180. The van der Waals surface area contributed by atoms with E-state index in [0.29, 0.717) is 13.0 Å². The molecule has 0 fully saturated rings. The standard InChI is InChI=1S/C16H33N3O2/c1-3-5-6-7-8-9-10-11-12-13-16(20)19(4-2)14-15(17)18-21/h21H,3-14H2,1-2H3,(H2,17,18). The molecule has 0 aromatic carbocycles. The second kappa shape index (κ2) is 13.7. The number of rotatable bonds is 13. The highest BCUT2D eigenvalue weighted by molar-refractivity contribution is 5.86. The summed E-state index contributed by atoms with van der Waals surface area (Å²) in [5, 5.41) is 11.4. The number of carbonyl (C=O) groups is 1.